The predicted molar refractivity (Wildman–Crippen MR) is 62.2 cm³/mol. The van der Waals surface area contributed by atoms with E-state index in [1.165, 1.54) is 19.3 Å². The number of rotatable bonds is 5. The van der Waals surface area contributed by atoms with Crippen molar-refractivity contribution in [3.8, 4) is 0 Å². The molecule has 2 rings (SSSR count). The average molecular weight is 222 g/mol. The zero-order valence-electron chi connectivity index (χ0n) is 9.34. The minimum Gasteiger partial charge on any atom is -0.395 e. The Bertz CT molecular complexity index is 340. The highest BCUT2D eigenvalue weighted by Gasteiger charge is 2.25. The molecule has 0 saturated heterocycles. The number of aromatic nitrogens is 1. The summed E-state index contributed by atoms with van der Waals surface area (Å²) >= 11 is 0. The molecule has 2 N–H and O–H groups in total. The van der Waals surface area contributed by atoms with E-state index in [2.05, 4.69) is 9.88 Å². The third-order valence-electron chi connectivity index (χ3n) is 3.14. The third-order valence-corrected chi connectivity index (χ3v) is 3.14. The molecule has 4 nitrogen and oxygen atoms in total. The Morgan fingerprint density at radius 2 is 2.19 bits per heavy atom. The smallest absolute Gasteiger partial charge is 0.129 e. The van der Waals surface area contributed by atoms with E-state index >= 15 is 0 Å². The van der Waals surface area contributed by atoms with Crippen LogP contribution < -0.4 is 4.90 Å². The number of hydrogen-bond donors (Lipinski definition) is 2. The zero-order chi connectivity index (χ0) is 11.4. The molecule has 0 aliphatic heterocycles. The van der Waals surface area contributed by atoms with Crippen LogP contribution in [0.5, 0.6) is 0 Å². The molecule has 16 heavy (non-hydrogen) atoms. The van der Waals surface area contributed by atoms with Gasteiger partial charge in [0, 0.05) is 18.8 Å². The molecule has 0 amide bonds. The quantitative estimate of drug-likeness (QED) is 0.778. The summed E-state index contributed by atoms with van der Waals surface area (Å²) in [6.45, 7) is 0.793. The summed E-state index contributed by atoms with van der Waals surface area (Å²) in [7, 11) is 0. The molecule has 0 unspecified atom stereocenters. The monoisotopic (exact) mass is 222 g/mol. The second kappa shape index (κ2) is 5.27. The van der Waals surface area contributed by atoms with Crippen molar-refractivity contribution in [2.75, 3.05) is 18.1 Å². The highest BCUT2D eigenvalue weighted by Crippen LogP contribution is 2.28. The van der Waals surface area contributed by atoms with Crippen molar-refractivity contribution in [3.05, 3.63) is 23.9 Å². The van der Waals surface area contributed by atoms with Gasteiger partial charge in [-0.15, -0.1) is 0 Å². The van der Waals surface area contributed by atoms with Crippen LogP contribution in [-0.2, 0) is 6.61 Å². The summed E-state index contributed by atoms with van der Waals surface area (Å²) in [6, 6.07) is 4.21. The van der Waals surface area contributed by atoms with Crippen molar-refractivity contribution in [1.29, 1.82) is 0 Å². The summed E-state index contributed by atoms with van der Waals surface area (Å²) in [5.41, 5.74) is 0.868. The van der Waals surface area contributed by atoms with Crippen LogP contribution in [0.15, 0.2) is 18.3 Å². The average Bonchev–Trinajstić information content (AvgIpc) is 2.26. The number of pyridine rings is 1. The SMILES string of the molecule is OCCN(c1cc(CO)ccn1)C1CCC1. The van der Waals surface area contributed by atoms with Crippen molar-refractivity contribution in [2.45, 2.75) is 31.9 Å². The second-order valence-corrected chi connectivity index (χ2v) is 4.18. The number of aliphatic hydroxyl groups excluding tert-OH is 2. The Morgan fingerprint density at radius 3 is 2.75 bits per heavy atom. The van der Waals surface area contributed by atoms with Crippen molar-refractivity contribution in [3.63, 3.8) is 0 Å². The highest BCUT2D eigenvalue weighted by molar-refractivity contribution is 5.42. The van der Waals surface area contributed by atoms with Crippen LogP contribution in [-0.4, -0.2) is 34.4 Å². The van der Waals surface area contributed by atoms with Gasteiger partial charge in [-0.1, -0.05) is 0 Å². The van der Waals surface area contributed by atoms with E-state index in [4.69, 9.17) is 10.2 Å². The summed E-state index contributed by atoms with van der Waals surface area (Å²) < 4.78 is 0. The maximum absolute atomic E-state index is 9.09. The van der Waals surface area contributed by atoms with Crippen LogP contribution >= 0.6 is 0 Å². The number of nitrogens with zero attached hydrogens (tertiary/aromatic N) is 2. The number of hydrogen-bond acceptors (Lipinski definition) is 4. The Morgan fingerprint density at radius 1 is 1.38 bits per heavy atom. The first-order chi connectivity index (χ1) is 7.85. The summed E-state index contributed by atoms with van der Waals surface area (Å²) in [4.78, 5) is 6.45. The standard InChI is InChI=1S/C12H18N2O2/c15-7-6-14(11-2-1-3-11)12-8-10(9-16)4-5-13-12/h4-5,8,11,15-16H,1-3,6-7,9H2. The lowest BCUT2D eigenvalue weighted by Gasteiger charge is -2.38. The van der Waals surface area contributed by atoms with Crippen molar-refractivity contribution >= 4 is 5.82 Å². The maximum Gasteiger partial charge on any atom is 0.129 e. The molecular weight excluding hydrogens is 204 g/mol. The molecule has 0 aromatic carbocycles. The zero-order valence-corrected chi connectivity index (χ0v) is 9.34. The van der Waals surface area contributed by atoms with E-state index in [-0.39, 0.29) is 13.2 Å². The lowest BCUT2D eigenvalue weighted by Crippen LogP contribution is -2.42. The van der Waals surface area contributed by atoms with Crippen LogP contribution in [0, 0.1) is 0 Å². The maximum atomic E-state index is 9.09. The molecule has 1 aromatic heterocycles. The Labute approximate surface area is 95.5 Å². The second-order valence-electron chi connectivity index (χ2n) is 4.18. The third kappa shape index (κ3) is 2.33. The predicted octanol–water partition coefficient (Wildman–Crippen LogP) is 0.925. The molecule has 1 aliphatic rings. The normalized spacial score (nSPS) is 15.9. The van der Waals surface area contributed by atoms with Crippen molar-refractivity contribution in [2.24, 2.45) is 0 Å². The van der Waals surface area contributed by atoms with Gasteiger partial charge in [-0.3, -0.25) is 0 Å². The molecule has 1 aromatic rings. The fourth-order valence-electron chi connectivity index (χ4n) is 2.01. The Hall–Kier alpha value is -1.13. The van der Waals surface area contributed by atoms with Gasteiger partial charge in [0.15, 0.2) is 0 Å². The summed E-state index contributed by atoms with van der Waals surface area (Å²) in [6.07, 6.45) is 5.31. The fourth-order valence-corrected chi connectivity index (χ4v) is 2.01. The minimum absolute atomic E-state index is 0.0349. The van der Waals surface area contributed by atoms with Gasteiger partial charge < -0.3 is 15.1 Å². The topological polar surface area (TPSA) is 56.6 Å². The van der Waals surface area contributed by atoms with Crippen LogP contribution in [0.2, 0.25) is 0 Å². The van der Waals surface area contributed by atoms with E-state index in [0.717, 1.165) is 11.4 Å². The van der Waals surface area contributed by atoms with Crippen LogP contribution in [0.4, 0.5) is 5.82 Å². The van der Waals surface area contributed by atoms with E-state index < -0.39 is 0 Å². The molecule has 1 fully saturated rings. The van der Waals surface area contributed by atoms with E-state index in [1.807, 2.05) is 6.07 Å². The van der Waals surface area contributed by atoms with Gasteiger partial charge >= 0.3 is 0 Å². The molecular formula is C12H18N2O2. The molecule has 88 valence electrons. The minimum atomic E-state index is 0.0349. The van der Waals surface area contributed by atoms with Gasteiger partial charge in [-0.25, -0.2) is 4.98 Å². The van der Waals surface area contributed by atoms with Gasteiger partial charge in [0.25, 0.3) is 0 Å². The van der Waals surface area contributed by atoms with E-state index in [9.17, 15) is 0 Å². The van der Waals surface area contributed by atoms with Crippen LogP contribution in [0.25, 0.3) is 0 Å². The molecule has 4 heteroatoms. The van der Waals surface area contributed by atoms with Crippen LogP contribution in [0.1, 0.15) is 24.8 Å². The lowest BCUT2D eigenvalue weighted by molar-refractivity contribution is 0.279. The largest absolute Gasteiger partial charge is 0.395 e. The van der Waals surface area contributed by atoms with Gasteiger partial charge in [0.1, 0.15) is 5.82 Å². The summed E-state index contributed by atoms with van der Waals surface area (Å²) in [5.74, 6) is 0.866. The highest BCUT2D eigenvalue weighted by atomic mass is 16.3. The Balaban J connectivity index is 2.16. The molecule has 0 bridgehead atoms. The molecule has 1 aliphatic carbocycles. The van der Waals surface area contributed by atoms with Gasteiger partial charge in [0.2, 0.25) is 0 Å². The Kier molecular flexibility index (Phi) is 3.74. The van der Waals surface area contributed by atoms with E-state index in [1.54, 1.807) is 12.3 Å². The molecule has 1 saturated carbocycles. The fraction of sp³-hybridized carbons (Fsp3) is 0.583. The molecule has 0 atom stereocenters. The van der Waals surface area contributed by atoms with Crippen LogP contribution in [0.3, 0.4) is 0 Å². The van der Waals surface area contributed by atoms with Crippen molar-refractivity contribution in [1.82, 2.24) is 4.98 Å². The molecule has 0 radical (unpaired) electrons. The first-order valence-corrected chi connectivity index (χ1v) is 5.78. The van der Waals surface area contributed by atoms with E-state index in [0.29, 0.717) is 12.6 Å². The van der Waals surface area contributed by atoms with Crippen molar-refractivity contribution < 1.29 is 10.2 Å². The van der Waals surface area contributed by atoms with Gasteiger partial charge in [-0.05, 0) is 37.0 Å². The first-order valence-electron chi connectivity index (χ1n) is 5.78. The van der Waals surface area contributed by atoms with Gasteiger partial charge in [0.05, 0.1) is 13.2 Å². The molecule has 0 spiro atoms. The summed E-state index contributed by atoms with van der Waals surface area (Å²) in [5, 5.41) is 18.2. The molecule has 1 heterocycles. The number of aliphatic hydroxyl groups is 2. The number of anilines is 1. The lowest BCUT2D eigenvalue weighted by atomic mass is 9.91. The first kappa shape index (κ1) is 11.4. The van der Waals surface area contributed by atoms with Gasteiger partial charge in [-0.2, -0.15) is 0 Å².